The van der Waals surface area contributed by atoms with E-state index < -0.39 is 0 Å². The molecule has 0 aromatic heterocycles. The van der Waals surface area contributed by atoms with Crippen molar-refractivity contribution in [3.05, 3.63) is 0 Å². The van der Waals surface area contributed by atoms with E-state index in [1.165, 1.54) is 0 Å². The molecular weight excluding hydrogens is 274 g/mol. The van der Waals surface area contributed by atoms with Crippen LogP contribution in [-0.4, -0.2) is 73.0 Å². The van der Waals surface area contributed by atoms with Crippen molar-refractivity contribution in [2.45, 2.75) is 25.3 Å². The number of likely N-dealkylation sites (tertiary alicyclic amines) is 1. The van der Waals surface area contributed by atoms with E-state index in [1.807, 2.05) is 9.80 Å². The molecule has 21 heavy (non-hydrogen) atoms. The smallest absolute Gasteiger partial charge is 0.244 e. The monoisotopic (exact) mass is 295 g/mol. The number of rotatable bonds is 2. The van der Waals surface area contributed by atoms with Crippen LogP contribution in [0, 0.1) is 5.92 Å². The molecular formula is C14H21N3O4. The van der Waals surface area contributed by atoms with E-state index in [4.69, 9.17) is 4.74 Å². The van der Waals surface area contributed by atoms with Gasteiger partial charge in [0, 0.05) is 19.0 Å². The van der Waals surface area contributed by atoms with Gasteiger partial charge in [-0.2, -0.15) is 0 Å². The fourth-order valence-corrected chi connectivity index (χ4v) is 3.33. The van der Waals surface area contributed by atoms with Crippen molar-refractivity contribution < 1.29 is 19.1 Å². The first-order chi connectivity index (χ1) is 10.1. The molecule has 0 unspecified atom stereocenters. The predicted octanol–water partition coefficient (Wildman–Crippen LogP) is -1.03. The Kier molecular flexibility index (Phi) is 4.21. The van der Waals surface area contributed by atoms with Gasteiger partial charge >= 0.3 is 0 Å². The number of imide groups is 1. The number of piperidine rings is 1. The van der Waals surface area contributed by atoms with E-state index >= 15 is 0 Å². The number of carbonyl (C=O) groups excluding carboxylic acids is 3. The molecule has 7 nitrogen and oxygen atoms in total. The molecule has 3 heterocycles. The Labute approximate surface area is 123 Å². The van der Waals surface area contributed by atoms with Gasteiger partial charge in [0.1, 0.15) is 0 Å². The van der Waals surface area contributed by atoms with Crippen LogP contribution in [0.4, 0.5) is 0 Å². The van der Waals surface area contributed by atoms with Gasteiger partial charge in [0.2, 0.25) is 17.7 Å². The lowest BCUT2D eigenvalue weighted by atomic mass is 9.94. The molecule has 116 valence electrons. The first kappa shape index (κ1) is 14.5. The summed E-state index contributed by atoms with van der Waals surface area (Å²) in [6, 6.07) is -0.336. The molecule has 3 rings (SSSR count). The first-order valence-electron chi connectivity index (χ1n) is 7.59. The van der Waals surface area contributed by atoms with Crippen LogP contribution in [0.15, 0.2) is 0 Å². The minimum Gasteiger partial charge on any atom is -0.378 e. The van der Waals surface area contributed by atoms with Gasteiger partial charge in [-0.05, 0) is 25.9 Å². The summed E-state index contributed by atoms with van der Waals surface area (Å²) in [4.78, 5) is 39.3. The second-order valence-corrected chi connectivity index (χ2v) is 5.88. The van der Waals surface area contributed by atoms with Gasteiger partial charge in [0.05, 0.1) is 25.7 Å². The molecule has 1 atom stereocenters. The quantitative estimate of drug-likeness (QED) is 0.659. The summed E-state index contributed by atoms with van der Waals surface area (Å²) in [5.74, 6) is -0.140. The number of morpholine rings is 1. The summed E-state index contributed by atoms with van der Waals surface area (Å²) >= 11 is 0. The molecule has 3 saturated heterocycles. The fourth-order valence-electron chi connectivity index (χ4n) is 3.33. The molecule has 3 aliphatic heterocycles. The molecule has 0 saturated carbocycles. The van der Waals surface area contributed by atoms with Gasteiger partial charge in [-0.15, -0.1) is 0 Å². The zero-order chi connectivity index (χ0) is 14.8. The Morgan fingerprint density at radius 3 is 2.33 bits per heavy atom. The predicted molar refractivity (Wildman–Crippen MR) is 73.3 cm³/mol. The third kappa shape index (κ3) is 3.08. The van der Waals surface area contributed by atoms with Gasteiger partial charge in [-0.25, -0.2) is 0 Å². The molecule has 0 aromatic rings. The normalized spacial score (nSPS) is 28.8. The molecule has 7 heteroatoms. The summed E-state index contributed by atoms with van der Waals surface area (Å²) in [6.07, 6.45) is 1.77. The van der Waals surface area contributed by atoms with E-state index in [2.05, 4.69) is 5.32 Å². The largest absolute Gasteiger partial charge is 0.378 e. The number of hydrogen-bond acceptors (Lipinski definition) is 5. The molecule has 0 radical (unpaired) electrons. The van der Waals surface area contributed by atoms with Crippen molar-refractivity contribution in [3.63, 3.8) is 0 Å². The average Bonchev–Trinajstić information content (AvgIpc) is 2.86. The number of nitrogens with one attached hydrogen (secondary N) is 1. The summed E-state index contributed by atoms with van der Waals surface area (Å²) in [5, 5.41) is 2.34. The molecule has 3 fully saturated rings. The highest BCUT2D eigenvalue weighted by molar-refractivity contribution is 6.05. The minimum absolute atomic E-state index is 0.0412. The molecule has 0 spiro atoms. The summed E-state index contributed by atoms with van der Waals surface area (Å²) in [6.45, 7) is 4.00. The van der Waals surface area contributed by atoms with Crippen LogP contribution in [-0.2, 0) is 19.1 Å². The number of amides is 3. The summed E-state index contributed by atoms with van der Waals surface area (Å²) in [7, 11) is 0. The number of carbonyl (C=O) groups is 3. The maximum atomic E-state index is 12.4. The molecule has 0 aliphatic carbocycles. The highest BCUT2D eigenvalue weighted by atomic mass is 16.5. The SMILES string of the molecule is O=C1C[C@H](N2CCC(C(=O)N3CCOCC3)CC2)C(=O)N1. The maximum absolute atomic E-state index is 12.4. The highest BCUT2D eigenvalue weighted by Gasteiger charge is 2.38. The van der Waals surface area contributed by atoms with Crippen LogP contribution in [0.5, 0.6) is 0 Å². The third-order valence-corrected chi connectivity index (χ3v) is 4.59. The second kappa shape index (κ2) is 6.11. The Balaban J connectivity index is 1.51. The third-order valence-electron chi connectivity index (χ3n) is 4.59. The van der Waals surface area contributed by atoms with Crippen LogP contribution in [0.2, 0.25) is 0 Å². The van der Waals surface area contributed by atoms with Crippen molar-refractivity contribution in [2.75, 3.05) is 39.4 Å². The van der Waals surface area contributed by atoms with Crippen molar-refractivity contribution in [3.8, 4) is 0 Å². The number of ether oxygens (including phenoxy) is 1. The summed E-state index contributed by atoms with van der Waals surface area (Å²) in [5.41, 5.74) is 0. The zero-order valence-electron chi connectivity index (χ0n) is 12.0. The molecule has 3 amide bonds. The lowest BCUT2D eigenvalue weighted by Crippen LogP contribution is -2.49. The van der Waals surface area contributed by atoms with Crippen molar-refractivity contribution >= 4 is 17.7 Å². The van der Waals surface area contributed by atoms with E-state index in [0.29, 0.717) is 39.4 Å². The van der Waals surface area contributed by atoms with Gasteiger partial charge in [0.25, 0.3) is 0 Å². The fraction of sp³-hybridized carbons (Fsp3) is 0.786. The Hall–Kier alpha value is -1.47. The summed E-state index contributed by atoms with van der Waals surface area (Å²) < 4.78 is 5.27. The minimum atomic E-state index is -0.336. The zero-order valence-corrected chi connectivity index (χ0v) is 12.0. The van der Waals surface area contributed by atoms with Gasteiger partial charge in [0.15, 0.2) is 0 Å². The van der Waals surface area contributed by atoms with Crippen LogP contribution >= 0.6 is 0 Å². The lowest BCUT2D eigenvalue weighted by Gasteiger charge is -2.36. The second-order valence-electron chi connectivity index (χ2n) is 5.88. The standard InChI is InChI=1S/C14H21N3O4/c18-12-9-11(13(19)15-12)16-3-1-10(2-4-16)14(20)17-5-7-21-8-6-17/h10-11H,1-9H2,(H,15,18,19)/t11-/m0/s1. The van der Waals surface area contributed by atoms with E-state index in [9.17, 15) is 14.4 Å². The molecule has 0 bridgehead atoms. The Morgan fingerprint density at radius 2 is 1.76 bits per heavy atom. The van der Waals surface area contributed by atoms with Crippen molar-refractivity contribution in [1.82, 2.24) is 15.1 Å². The van der Waals surface area contributed by atoms with E-state index in [-0.39, 0.29) is 36.1 Å². The Morgan fingerprint density at radius 1 is 1.10 bits per heavy atom. The maximum Gasteiger partial charge on any atom is 0.244 e. The van der Waals surface area contributed by atoms with E-state index in [0.717, 1.165) is 12.8 Å². The van der Waals surface area contributed by atoms with Crippen LogP contribution in [0.25, 0.3) is 0 Å². The van der Waals surface area contributed by atoms with Crippen LogP contribution in [0.1, 0.15) is 19.3 Å². The van der Waals surface area contributed by atoms with Crippen molar-refractivity contribution in [2.24, 2.45) is 5.92 Å². The Bertz CT molecular complexity index is 440. The molecule has 0 aromatic carbocycles. The highest BCUT2D eigenvalue weighted by Crippen LogP contribution is 2.23. The topological polar surface area (TPSA) is 79.0 Å². The lowest BCUT2D eigenvalue weighted by molar-refractivity contribution is -0.141. The van der Waals surface area contributed by atoms with Crippen molar-refractivity contribution in [1.29, 1.82) is 0 Å². The first-order valence-corrected chi connectivity index (χ1v) is 7.59. The number of hydrogen-bond donors (Lipinski definition) is 1. The number of nitrogens with zero attached hydrogens (tertiary/aromatic N) is 2. The van der Waals surface area contributed by atoms with Gasteiger partial charge in [-0.3, -0.25) is 24.6 Å². The van der Waals surface area contributed by atoms with Gasteiger partial charge in [-0.1, -0.05) is 0 Å². The average molecular weight is 295 g/mol. The van der Waals surface area contributed by atoms with Gasteiger partial charge < -0.3 is 9.64 Å². The molecule has 3 aliphatic rings. The van der Waals surface area contributed by atoms with Crippen LogP contribution < -0.4 is 5.32 Å². The van der Waals surface area contributed by atoms with Crippen LogP contribution in [0.3, 0.4) is 0 Å². The van der Waals surface area contributed by atoms with E-state index in [1.54, 1.807) is 0 Å². The molecule has 1 N–H and O–H groups in total.